The Kier molecular flexibility index (Phi) is 2.99. The first-order chi connectivity index (χ1) is 5.57. The molecule has 1 fully saturated rings. The maximum atomic E-state index is 9.12. The van der Waals surface area contributed by atoms with E-state index in [1.54, 1.807) is 0 Å². The van der Waals surface area contributed by atoms with Crippen LogP contribution in [0.25, 0.3) is 0 Å². The third-order valence-electron chi connectivity index (χ3n) is 1.87. The van der Waals surface area contributed by atoms with Crippen molar-refractivity contribution in [2.75, 3.05) is 6.61 Å². The Morgan fingerprint density at radius 2 is 1.50 bits per heavy atom. The van der Waals surface area contributed by atoms with E-state index in [9.17, 15) is 0 Å². The van der Waals surface area contributed by atoms with Gasteiger partial charge in [-0.15, -0.1) is 0 Å². The molecule has 1 aliphatic rings. The minimum atomic E-state index is -1.57. The summed E-state index contributed by atoms with van der Waals surface area (Å²) in [5.41, 5.74) is 0. The Morgan fingerprint density at radius 1 is 0.917 bits per heavy atom. The highest BCUT2D eigenvalue weighted by Gasteiger charge is 2.42. The zero-order valence-electron chi connectivity index (χ0n) is 6.24. The smallest absolute Gasteiger partial charge is 0.184 e. The number of aliphatic hydroxyl groups is 5. The largest absolute Gasteiger partial charge is 0.394 e. The summed E-state index contributed by atoms with van der Waals surface area (Å²) in [4.78, 5) is 0. The summed E-state index contributed by atoms with van der Waals surface area (Å²) < 4.78 is 4.58. The molecule has 0 saturated carbocycles. The Labute approximate surface area is 68.6 Å². The first kappa shape index (κ1) is 9.85. The molecule has 1 aliphatic heterocycles. The number of hydrogen-bond donors (Lipinski definition) is 5. The molecule has 6 nitrogen and oxygen atoms in total. The summed E-state index contributed by atoms with van der Waals surface area (Å²) in [5.74, 6) is 0. The van der Waals surface area contributed by atoms with Crippen LogP contribution in [0.4, 0.5) is 0 Å². The van der Waals surface area contributed by atoms with Crippen LogP contribution in [0.15, 0.2) is 0 Å². The van der Waals surface area contributed by atoms with Crippen molar-refractivity contribution in [3.05, 3.63) is 0 Å². The van der Waals surface area contributed by atoms with E-state index in [-0.39, 0.29) is 0 Å². The average Bonchev–Trinajstić information content (AvgIpc) is 2.08. The second kappa shape index (κ2) is 3.65. The fourth-order valence-electron chi connectivity index (χ4n) is 1.08. The third kappa shape index (κ3) is 1.58. The van der Waals surface area contributed by atoms with Crippen LogP contribution < -0.4 is 0 Å². The van der Waals surface area contributed by atoms with Gasteiger partial charge in [-0.05, 0) is 0 Å². The SMILES string of the molecule is OC[C@@H]1O[13C@@H](O)[13C@@H](O)[C@H](O)[C@H]1O. The summed E-state index contributed by atoms with van der Waals surface area (Å²) in [6, 6.07) is 0. The summed E-state index contributed by atoms with van der Waals surface area (Å²) >= 11 is 0. The zero-order valence-corrected chi connectivity index (χ0v) is 6.24. The van der Waals surface area contributed by atoms with Crippen LogP contribution >= 0.6 is 0 Å². The van der Waals surface area contributed by atoms with Crippen molar-refractivity contribution in [1.82, 2.24) is 0 Å². The van der Waals surface area contributed by atoms with Gasteiger partial charge < -0.3 is 30.3 Å². The minimum absolute atomic E-state index is 0.526. The van der Waals surface area contributed by atoms with E-state index >= 15 is 0 Å². The maximum Gasteiger partial charge on any atom is 0.184 e. The molecular weight excluding hydrogens is 170 g/mol. The summed E-state index contributed by atoms with van der Waals surface area (Å²) in [7, 11) is 0. The molecule has 0 radical (unpaired) electrons. The fourth-order valence-corrected chi connectivity index (χ4v) is 1.08. The summed E-state index contributed by atoms with van der Waals surface area (Å²) in [6.07, 6.45) is -7.04. The van der Waals surface area contributed by atoms with Crippen molar-refractivity contribution in [1.29, 1.82) is 0 Å². The summed E-state index contributed by atoms with van der Waals surface area (Å²) in [5, 5.41) is 44.7. The first-order valence-electron chi connectivity index (χ1n) is 3.56. The van der Waals surface area contributed by atoms with Crippen molar-refractivity contribution in [2.45, 2.75) is 30.7 Å². The monoisotopic (exact) mass is 182 g/mol. The predicted molar refractivity (Wildman–Crippen MR) is 36.0 cm³/mol. The van der Waals surface area contributed by atoms with Gasteiger partial charge in [0.2, 0.25) is 0 Å². The predicted octanol–water partition coefficient (Wildman–Crippen LogP) is -3.22. The van der Waals surface area contributed by atoms with Crippen molar-refractivity contribution < 1.29 is 30.3 Å². The van der Waals surface area contributed by atoms with Crippen molar-refractivity contribution in [3.8, 4) is 0 Å². The molecular formula is C6H12O6. The number of ether oxygens (including phenoxy) is 1. The van der Waals surface area contributed by atoms with Crippen LogP contribution in [0.2, 0.25) is 0 Å². The van der Waals surface area contributed by atoms with E-state index in [1.165, 1.54) is 0 Å². The summed E-state index contributed by atoms with van der Waals surface area (Å²) in [6.45, 7) is -0.526. The molecule has 0 aromatic carbocycles. The Hall–Kier alpha value is -0.240. The lowest BCUT2D eigenvalue weighted by Gasteiger charge is -2.37. The minimum Gasteiger partial charge on any atom is -0.394 e. The highest BCUT2D eigenvalue weighted by atomic mass is 16.8. The maximum absolute atomic E-state index is 9.12. The molecule has 1 saturated heterocycles. The third-order valence-corrected chi connectivity index (χ3v) is 1.87. The van der Waals surface area contributed by atoms with Gasteiger partial charge in [0, 0.05) is 0 Å². The molecule has 1 heterocycles. The van der Waals surface area contributed by atoms with Crippen LogP contribution in [-0.2, 0) is 4.74 Å². The van der Waals surface area contributed by atoms with E-state index in [1.807, 2.05) is 0 Å². The van der Waals surface area contributed by atoms with Gasteiger partial charge in [0.25, 0.3) is 0 Å². The van der Waals surface area contributed by atoms with E-state index in [0.717, 1.165) is 0 Å². The van der Waals surface area contributed by atoms with Crippen LogP contribution in [0.3, 0.4) is 0 Å². The highest BCUT2D eigenvalue weighted by molar-refractivity contribution is 4.87. The van der Waals surface area contributed by atoms with Crippen LogP contribution in [0.1, 0.15) is 0 Å². The second-order valence-corrected chi connectivity index (χ2v) is 2.72. The Morgan fingerprint density at radius 3 is 2.00 bits per heavy atom. The molecule has 0 unspecified atom stereocenters. The van der Waals surface area contributed by atoms with Crippen LogP contribution in [0.5, 0.6) is 0 Å². The molecule has 0 aliphatic carbocycles. The topological polar surface area (TPSA) is 110 Å². The van der Waals surface area contributed by atoms with Gasteiger partial charge in [-0.25, -0.2) is 0 Å². The van der Waals surface area contributed by atoms with Gasteiger partial charge in [0.05, 0.1) is 6.61 Å². The highest BCUT2D eigenvalue weighted by Crippen LogP contribution is 2.18. The molecule has 0 aromatic heterocycles. The van der Waals surface area contributed by atoms with Crippen molar-refractivity contribution >= 4 is 0 Å². The molecule has 0 spiro atoms. The second-order valence-electron chi connectivity index (χ2n) is 2.72. The molecule has 1 rings (SSSR count). The van der Waals surface area contributed by atoms with Gasteiger partial charge in [-0.2, -0.15) is 0 Å². The van der Waals surface area contributed by atoms with E-state index in [4.69, 9.17) is 25.5 Å². The quantitative estimate of drug-likeness (QED) is 0.273. The van der Waals surface area contributed by atoms with Crippen molar-refractivity contribution in [3.63, 3.8) is 0 Å². The van der Waals surface area contributed by atoms with Crippen molar-refractivity contribution in [2.24, 2.45) is 0 Å². The van der Waals surface area contributed by atoms with E-state index in [2.05, 4.69) is 4.74 Å². The lowest BCUT2D eigenvalue weighted by Crippen LogP contribution is -2.58. The molecule has 5 atom stereocenters. The number of hydrogen-bond acceptors (Lipinski definition) is 6. The molecule has 0 aromatic rings. The molecule has 72 valence electrons. The number of rotatable bonds is 1. The molecule has 6 heteroatoms. The molecule has 0 bridgehead atoms. The van der Waals surface area contributed by atoms with Crippen LogP contribution in [0, 0.1) is 0 Å². The van der Waals surface area contributed by atoms with Gasteiger partial charge >= 0.3 is 0 Å². The van der Waals surface area contributed by atoms with Gasteiger partial charge in [-0.3, -0.25) is 0 Å². The Bertz CT molecular complexity index is 146. The molecule has 12 heavy (non-hydrogen) atoms. The van der Waals surface area contributed by atoms with Gasteiger partial charge in [0.15, 0.2) is 6.29 Å². The molecule has 5 N–H and O–H groups in total. The van der Waals surface area contributed by atoms with E-state index in [0.29, 0.717) is 0 Å². The van der Waals surface area contributed by atoms with Gasteiger partial charge in [-0.1, -0.05) is 0 Å². The zero-order chi connectivity index (χ0) is 9.30. The molecule has 0 amide bonds. The lowest BCUT2D eigenvalue weighted by molar-refractivity contribution is -0.286. The van der Waals surface area contributed by atoms with E-state index < -0.39 is 37.3 Å². The first-order valence-corrected chi connectivity index (χ1v) is 3.56. The lowest BCUT2D eigenvalue weighted by atomic mass is 10.1. The standard InChI is InChI=1S/C6H12O6/c7-1-2-3(8)4(9)5(10)6(11)12-2/h2-11H,1H2/t2-,3-,4+,5-,6+/m0/s1/i5+1,6+1. The fraction of sp³-hybridized carbons (Fsp3) is 1.00. The van der Waals surface area contributed by atoms with Gasteiger partial charge in [0.1, 0.15) is 24.4 Å². The average molecular weight is 182 g/mol. The van der Waals surface area contributed by atoms with Crippen LogP contribution in [-0.4, -0.2) is 62.8 Å². The Balaban J connectivity index is 2.63. The number of aliphatic hydroxyl groups excluding tert-OH is 5. The normalized spacial score (nSPS) is 49.2.